The predicted molar refractivity (Wildman–Crippen MR) is 99.6 cm³/mol. The summed E-state index contributed by atoms with van der Waals surface area (Å²) in [5.41, 5.74) is 1.55. The molecule has 4 aliphatic rings. The van der Waals surface area contributed by atoms with Crippen LogP contribution >= 0.6 is 15.9 Å². The maximum Gasteiger partial charge on any atom is 0.166 e. The fraction of sp³-hybridized carbons (Fsp3) is 0.700. The molecule has 4 heteroatoms. The van der Waals surface area contributed by atoms with Crippen molar-refractivity contribution in [3.8, 4) is 11.5 Å². The van der Waals surface area contributed by atoms with Gasteiger partial charge in [0, 0.05) is 22.1 Å². The van der Waals surface area contributed by atoms with E-state index in [4.69, 9.17) is 9.47 Å². The molecule has 4 fully saturated rings. The SMILES string of the molecule is CCOc1c(OC)ccc(Br)c1CNC12CC3CC(CC(C3)C1)C2. The first kappa shape index (κ1) is 16.7. The van der Waals surface area contributed by atoms with E-state index in [-0.39, 0.29) is 0 Å². The van der Waals surface area contributed by atoms with E-state index in [0.29, 0.717) is 12.1 Å². The van der Waals surface area contributed by atoms with Crippen molar-refractivity contribution in [1.82, 2.24) is 5.32 Å². The minimum atomic E-state index is 0.362. The Balaban J connectivity index is 1.55. The van der Waals surface area contributed by atoms with Gasteiger partial charge in [-0.1, -0.05) is 15.9 Å². The maximum absolute atomic E-state index is 5.92. The summed E-state index contributed by atoms with van der Waals surface area (Å²) in [7, 11) is 1.71. The number of rotatable bonds is 6. The zero-order valence-electron chi connectivity index (χ0n) is 14.7. The molecular weight excluding hydrogens is 366 g/mol. The fourth-order valence-corrected chi connectivity index (χ4v) is 6.27. The Kier molecular flexibility index (Phi) is 4.55. The lowest BCUT2D eigenvalue weighted by molar-refractivity contribution is -0.0207. The third kappa shape index (κ3) is 2.96. The predicted octanol–water partition coefficient (Wildman–Crippen LogP) is 4.91. The summed E-state index contributed by atoms with van der Waals surface area (Å²) >= 11 is 3.72. The van der Waals surface area contributed by atoms with E-state index in [0.717, 1.165) is 40.3 Å². The van der Waals surface area contributed by atoms with Gasteiger partial charge < -0.3 is 14.8 Å². The van der Waals surface area contributed by atoms with Gasteiger partial charge in [-0.05, 0) is 75.3 Å². The molecule has 0 radical (unpaired) electrons. The largest absolute Gasteiger partial charge is 0.493 e. The van der Waals surface area contributed by atoms with Crippen LogP contribution in [-0.2, 0) is 6.54 Å². The van der Waals surface area contributed by atoms with Crippen LogP contribution in [0.2, 0.25) is 0 Å². The average Bonchev–Trinajstić information content (AvgIpc) is 2.53. The summed E-state index contributed by atoms with van der Waals surface area (Å²) in [6.45, 7) is 3.52. The van der Waals surface area contributed by atoms with E-state index in [1.807, 2.05) is 13.0 Å². The Morgan fingerprint density at radius 3 is 2.29 bits per heavy atom. The molecule has 4 aliphatic carbocycles. The normalized spacial score (nSPS) is 33.7. The zero-order valence-corrected chi connectivity index (χ0v) is 16.3. The van der Waals surface area contributed by atoms with Crippen molar-refractivity contribution in [1.29, 1.82) is 0 Å². The molecule has 24 heavy (non-hydrogen) atoms. The molecule has 0 saturated heterocycles. The number of hydrogen-bond donors (Lipinski definition) is 1. The van der Waals surface area contributed by atoms with Crippen LogP contribution in [0.4, 0.5) is 0 Å². The highest BCUT2D eigenvalue weighted by Gasteiger charge is 2.50. The second kappa shape index (κ2) is 6.53. The van der Waals surface area contributed by atoms with Gasteiger partial charge in [0.15, 0.2) is 11.5 Å². The molecule has 0 spiro atoms. The zero-order chi connectivity index (χ0) is 16.7. The molecule has 1 N–H and O–H groups in total. The van der Waals surface area contributed by atoms with E-state index in [1.165, 1.54) is 44.1 Å². The molecule has 0 aromatic heterocycles. The van der Waals surface area contributed by atoms with Gasteiger partial charge in [0.25, 0.3) is 0 Å². The van der Waals surface area contributed by atoms with Crippen LogP contribution in [0, 0.1) is 17.8 Å². The van der Waals surface area contributed by atoms with Crippen LogP contribution in [0.15, 0.2) is 16.6 Å². The van der Waals surface area contributed by atoms with E-state index >= 15 is 0 Å². The minimum absolute atomic E-state index is 0.362. The third-order valence-corrected chi connectivity index (χ3v) is 7.10. The Labute approximate surface area is 153 Å². The molecule has 0 heterocycles. The topological polar surface area (TPSA) is 30.5 Å². The molecule has 4 bridgehead atoms. The van der Waals surface area contributed by atoms with Crippen molar-refractivity contribution in [3.63, 3.8) is 0 Å². The fourth-order valence-electron chi connectivity index (χ4n) is 5.81. The third-order valence-electron chi connectivity index (χ3n) is 6.35. The summed E-state index contributed by atoms with van der Waals surface area (Å²) in [6.07, 6.45) is 8.54. The van der Waals surface area contributed by atoms with Crippen LogP contribution in [0.1, 0.15) is 51.0 Å². The van der Waals surface area contributed by atoms with Crippen LogP contribution in [0.3, 0.4) is 0 Å². The molecule has 132 valence electrons. The first-order valence-corrected chi connectivity index (χ1v) is 10.1. The smallest absolute Gasteiger partial charge is 0.166 e. The summed E-state index contributed by atoms with van der Waals surface area (Å²) in [6, 6.07) is 4.04. The van der Waals surface area contributed by atoms with Gasteiger partial charge in [-0.15, -0.1) is 0 Å². The highest BCUT2D eigenvalue weighted by atomic mass is 79.9. The molecule has 5 rings (SSSR count). The standard InChI is InChI=1S/C20H28BrNO2/c1-3-24-19-16(17(21)4-5-18(19)23-2)12-22-20-9-13-6-14(10-20)8-15(7-13)11-20/h4-5,13-15,22H,3,6-12H2,1-2H3. The van der Waals surface area contributed by atoms with Gasteiger partial charge in [0.05, 0.1) is 13.7 Å². The quantitative estimate of drug-likeness (QED) is 0.743. The first-order valence-electron chi connectivity index (χ1n) is 9.35. The van der Waals surface area contributed by atoms with Crippen LogP contribution < -0.4 is 14.8 Å². The van der Waals surface area contributed by atoms with Crippen LogP contribution in [0.25, 0.3) is 0 Å². The minimum Gasteiger partial charge on any atom is -0.493 e. The van der Waals surface area contributed by atoms with Gasteiger partial charge >= 0.3 is 0 Å². The molecule has 1 aromatic rings. The van der Waals surface area contributed by atoms with Crippen LogP contribution in [-0.4, -0.2) is 19.3 Å². The summed E-state index contributed by atoms with van der Waals surface area (Å²) in [5.74, 6) is 4.59. The Bertz CT molecular complexity index is 581. The summed E-state index contributed by atoms with van der Waals surface area (Å²) in [4.78, 5) is 0. The second-order valence-corrected chi connectivity index (χ2v) is 8.90. The van der Waals surface area contributed by atoms with Gasteiger partial charge in [-0.3, -0.25) is 0 Å². The van der Waals surface area contributed by atoms with Crippen molar-refractivity contribution < 1.29 is 9.47 Å². The first-order chi connectivity index (χ1) is 11.6. The Morgan fingerprint density at radius 1 is 1.12 bits per heavy atom. The Hall–Kier alpha value is -0.740. The van der Waals surface area contributed by atoms with Gasteiger partial charge in [-0.25, -0.2) is 0 Å². The lowest BCUT2D eigenvalue weighted by atomic mass is 9.53. The van der Waals surface area contributed by atoms with Crippen molar-refractivity contribution in [2.45, 2.75) is 57.5 Å². The molecule has 0 atom stereocenters. The number of nitrogens with one attached hydrogen (secondary N) is 1. The van der Waals surface area contributed by atoms with Gasteiger partial charge in [0.2, 0.25) is 0 Å². The number of benzene rings is 1. The van der Waals surface area contributed by atoms with E-state index in [1.54, 1.807) is 7.11 Å². The number of methoxy groups -OCH3 is 1. The van der Waals surface area contributed by atoms with Crippen molar-refractivity contribution >= 4 is 15.9 Å². The summed E-state index contributed by atoms with van der Waals surface area (Å²) in [5, 5.41) is 3.97. The Morgan fingerprint density at radius 2 is 1.75 bits per heavy atom. The van der Waals surface area contributed by atoms with Crippen LogP contribution in [0.5, 0.6) is 11.5 Å². The van der Waals surface area contributed by atoms with E-state index in [2.05, 4.69) is 27.3 Å². The lowest BCUT2D eigenvalue weighted by Gasteiger charge is -2.57. The highest BCUT2D eigenvalue weighted by Crippen LogP contribution is 2.55. The van der Waals surface area contributed by atoms with E-state index in [9.17, 15) is 0 Å². The number of halogens is 1. The molecule has 1 aromatic carbocycles. The molecule has 0 unspecified atom stereocenters. The monoisotopic (exact) mass is 393 g/mol. The van der Waals surface area contributed by atoms with E-state index < -0.39 is 0 Å². The average molecular weight is 394 g/mol. The molecule has 3 nitrogen and oxygen atoms in total. The van der Waals surface area contributed by atoms with Crippen molar-refractivity contribution in [2.75, 3.05) is 13.7 Å². The van der Waals surface area contributed by atoms with Gasteiger partial charge in [-0.2, -0.15) is 0 Å². The molecule has 0 aliphatic heterocycles. The highest BCUT2D eigenvalue weighted by molar-refractivity contribution is 9.10. The molecule has 4 saturated carbocycles. The second-order valence-electron chi connectivity index (χ2n) is 8.04. The van der Waals surface area contributed by atoms with Crippen molar-refractivity contribution in [2.24, 2.45) is 17.8 Å². The number of hydrogen-bond acceptors (Lipinski definition) is 3. The molecule has 0 amide bonds. The number of ether oxygens (including phenoxy) is 2. The van der Waals surface area contributed by atoms with Gasteiger partial charge in [0.1, 0.15) is 0 Å². The summed E-state index contributed by atoms with van der Waals surface area (Å²) < 4.78 is 12.5. The molecular formula is C20H28BrNO2. The van der Waals surface area contributed by atoms with Crippen molar-refractivity contribution in [3.05, 3.63) is 22.2 Å². The lowest BCUT2D eigenvalue weighted by Crippen LogP contribution is -2.58. The maximum atomic E-state index is 5.92.